The third-order valence-electron chi connectivity index (χ3n) is 3.11. The van der Waals surface area contributed by atoms with E-state index >= 15 is 0 Å². The van der Waals surface area contributed by atoms with Crippen molar-refractivity contribution < 1.29 is 0 Å². The predicted octanol–water partition coefficient (Wildman–Crippen LogP) is 2.78. The highest BCUT2D eigenvalue weighted by atomic mass is 35.5. The van der Waals surface area contributed by atoms with Crippen molar-refractivity contribution >= 4 is 11.6 Å². The van der Waals surface area contributed by atoms with Crippen molar-refractivity contribution in [3.05, 3.63) is 51.3 Å². The number of halogens is 1. The molecule has 1 aromatic heterocycles. The van der Waals surface area contributed by atoms with Crippen LogP contribution < -0.4 is 11.3 Å². The van der Waals surface area contributed by atoms with Crippen LogP contribution in [-0.2, 0) is 12.1 Å². The number of aryl methyl sites for hydroxylation is 1. The summed E-state index contributed by atoms with van der Waals surface area (Å²) in [6, 6.07) is 9.11. The Kier molecular flexibility index (Phi) is 3.97. The summed E-state index contributed by atoms with van der Waals surface area (Å²) < 4.78 is 1.44. The number of rotatable bonds is 3. The van der Waals surface area contributed by atoms with Crippen LogP contribution in [-0.4, -0.2) is 9.78 Å². The second kappa shape index (κ2) is 5.38. The lowest BCUT2D eigenvalue weighted by atomic mass is 9.96. The fourth-order valence-electron chi connectivity index (χ4n) is 1.98. The molecule has 0 aliphatic rings. The molecule has 0 unspecified atom stereocenters. The van der Waals surface area contributed by atoms with E-state index in [1.807, 2.05) is 32.9 Å². The Morgan fingerprint density at radius 1 is 1.30 bits per heavy atom. The van der Waals surface area contributed by atoms with Crippen molar-refractivity contribution in [2.45, 2.75) is 32.9 Å². The Morgan fingerprint density at radius 3 is 2.40 bits per heavy atom. The molecule has 0 aliphatic heterocycles. The quantitative estimate of drug-likeness (QED) is 0.946. The molecule has 0 spiro atoms. The fraction of sp³-hybridized carbons (Fsp3) is 0.333. The van der Waals surface area contributed by atoms with Crippen LogP contribution in [0.3, 0.4) is 0 Å². The van der Waals surface area contributed by atoms with Crippen LogP contribution in [0.1, 0.15) is 26.3 Å². The first-order valence-corrected chi connectivity index (χ1v) is 6.88. The lowest BCUT2D eigenvalue weighted by molar-refractivity contribution is 0.519. The van der Waals surface area contributed by atoms with Gasteiger partial charge in [-0.2, -0.15) is 5.10 Å². The molecule has 5 heteroatoms. The van der Waals surface area contributed by atoms with Gasteiger partial charge in [-0.1, -0.05) is 23.7 Å². The lowest BCUT2D eigenvalue weighted by Gasteiger charge is -2.20. The third-order valence-corrected chi connectivity index (χ3v) is 3.36. The maximum atomic E-state index is 12.3. The second-order valence-corrected chi connectivity index (χ2v) is 5.73. The zero-order chi connectivity index (χ0) is 14.9. The van der Waals surface area contributed by atoms with Crippen LogP contribution in [0.25, 0.3) is 11.3 Å². The Bertz CT molecular complexity index is 669. The maximum Gasteiger partial charge on any atom is 0.271 e. The first-order valence-electron chi connectivity index (χ1n) is 6.50. The second-order valence-electron chi connectivity index (χ2n) is 5.29. The van der Waals surface area contributed by atoms with Crippen molar-refractivity contribution in [1.29, 1.82) is 0 Å². The van der Waals surface area contributed by atoms with Gasteiger partial charge < -0.3 is 5.73 Å². The molecular weight excluding hydrogens is 274 g/mol. The summed E-state index contributed by atoms with van der Waals surface area (Å²) in [6.07, 6.45) is 0. The van der Waals surface area contributed by atoms with Crippen LogP contribution >= 0.6 is 11.6 Å². The molecule has 0 atom stereocenters. The molecule has 0 aliphatic carbocycles. The summed E-state index contributed by atoms with van der Waals surface area (Å²) in [5, 5.41) is 5.03. The van der Waals surface area contributed by atoms with Crippen molar-refractivity contribution in [3.8, 4) is 11.3 Å². The standard InChI is InChI=1S/C15H18ClN3O/c1-4-19-14(20)12(15(2,3)17)9-13(18-19)10-5-7-11(16)8-6-10/h5-9H,4,17H2,1-3H3. The molecule has 0 fully saturated rings. The highest BCUT2D eigenvalue weighted by Crippen LogP contribution is 2.22. The van der Waals surface area contributed by atoms with E-state index in [2.05, 4.69) is 5.10 Å². The van der Waals surface area contributed by atoms with Gasteiger partial charge >= 0.3 is 0 Å². The van der Waals surface area contributed by atoms with Gasteiger partial charge in [-0.25, -0.2) is 4.68 Å². The van der Waals surface area contributed by atoms with Crippen LogP contribution in [0, 0.1) is 0 Å². The highest BCUT2D eigenvalue weighted by Gasteiger charge is 2.21. The van der Waals surface area contributed by atoms with Gasteiger partial charge in [0.2, 0.25) is 0 Å². The van der Waals surface area contributed by atoms with Gasteiger partial charge in [0.05, 0.1) is 5.69 Å². The molecule has 2 rings (SSSR count). The van der Waals surface area contributed by atoms with E-state index in [1.165, 1.54) is 4.68 Å². The number of aromatic nitrogens is 2. The van der Waals surface area contributed by atoms with Gasteiger partial charge in [-0.15, -0.1) is 0 Å². The maximum absolute atomic E-state index is 12.3. The summed E-state index contributed by atoms with van der Waals surface area (Å²) in [6.45, 7) is 6.02. The summed E-state index contributed by atoms with van der Waals surface area (Å²) in [5.74, 6) is 0. The third kappa shape index (κ3) is 2.92. The predicted molar refractivity (Wildman–Crippen MR) is 81.8 cm³/mol. The molecule has 2 N–H and O–H groups in total. The van der Waals surface area contributed by atoms with Crippen molar-refractivity contribution in [2.24, 2.45) is 5.73 Å². The Morgan fingerprint density at radius 2 is 1.90 bits per heavy atom. The zero-order valence-electron chi connectivity index (χ0n) is 11.9. The van der Waals surface area contributed by atoms with Gasteiger partial charge in [0.15, 0.2) is 0 Å². The number of nitrogens with zero attached hydrogens (tertiary/aromatic N) is 2. The van der Waals surface area contributed by atoms with Gasteiger partial charge in [-0.3, -0.25) is 4.79 Å². The number of hydrogen-bond donors (Lipinski definition) is 1. The van der Waals surface area contributed by atoms with Gasteiger partial charge in [0, 0.05) is 28.2 Å². The van der Waals surface area contributed by atoms with Crippen LogP contribution in [0.5, 0.6) is 0 Å². The first-order chi connectivity index (χ1) is 9.32. The summed E-state index contributed by atoms with van der Waals surface area (Å²) in [5.41, 5.74) is 7.42. The Balaban J connectivity index is 2.66. The van der Waals surface area contributed by atoms with Gasteiger partial charge in [0.25, 0.3) is 5.56 Å². The largest absolute Gasteiger partial charge is 0.322 e. The minimum atomic E-state index is -0.710. The van der Waals surface area contributed by atoms with E-state index < -0.39 is 5.54 Å². The highest BCUT2D eigenvalue weighted by molar-refractivity contribution is 6.30. The Hall–Kier alpha value is -1.65. The van der Waals surface area contributed by atoms with E-state index in [-0.39, 0.29) is 5.56 Å². The molecule has 1 heterocycles. The van der Waals surface area contributed by atoms with Crippen LogP contribution in [0.2, 0.25) is 5.02 Å². The topological polar surface area (TPSA) is 60.9 Å². The summed E-state index contributed by atoms with van der Waals surface area (Å²) in [7, 11) is 0. The molecule has 1 aromatic carbocycles. The number of benzene rings is 1. The minimum Gasteiger partial charge on any atom is -0.322 e. The SMILES string of the molecule is CCn1nc(-c2ccc(Cl)cc2)cc(C(C)(C)N)c1=O. The normalized spacial score (nSPS) is 11.7. The molecule has 0 saturated carbocycles. The van der Waals surface area contributed by atoms with E-state index in [0.29, 0.717) is 17.1 Å². The minimum absolute atomic E-state index is 0.141. The van der Waals surface area contributed by atoms with E-state index in [0.717, 1.165) is 11.3 Å². The van der Waals surface area contributed by atoms with Gasteiger partial charge in [-0.05, 0) is 39.0 Å². The molecule has 4 nitrogen and oxygen atoms in total. The molecule has 0 bridgehead atoms. The smallest absolute Gasteiger partial charge is 0.271 e. The lowest BCUT2D eigenvalue weighted by Crippen LogP contribution is -2.39. The molecule has 0 radical (unpaired) electrons. The Labute approximate surface area is 123 Å². The number of hydrogen-bond acceptors (Lipinski definition) is 3. The van der Waals surface area contributed by atoms with Crippen LogP contribution in [0.4, 0.5) is 0 Å². The fourth-order valence-corrected chi connectivity index (χ4v) is 2.11. The number of nitrogens with two attached hydrogens (primary N) is 1. The zero-order valence-corrected chi connectivity index (χ0v) is 12.6. The average molecular weight is 292 g/mol. The molecule has 0 amide bonds. The van der Waals surface area contributed by atoms with Gasteiger partial charge in [0.1, 0.15) is 0 Å². The van der Waals surface area contributed by atoms with E-state index in [9.17, 15) is 4.79 Å². The van der Waals surface area contributed by atoms with Crippen molar-refractivity contribution in [1.82, 2.24) is 9.78 Å². The van der Waals surface area contributed by atoms with Crippen molar-refractivity contribution in [2.75, 3.05) is 0 Å². The molecule has 20 heavy (non-hydrogen) atoms. The average Bonchev–Trinajstić information content (AvgIpc) is 2.38. The molecule has 106 valence electrons. The first kappa shape index (κ1) is 14.8. The molecule has 0 saturated heterocycles. The van der Waals surface area contributed by atoms with E-state index in [4.69, 9.17) is 17.3 Å². The summed E-state index contributed by atoms with van der Waals surface area (Å²) >= 11 is 5.89. The van der Waals surface area contributed by atoms with Crippen molar-refractivity contribution in [3.63, 3.8) is 0 Å². The monoisotopic (exact) mass is 291 g/mol. The summed E-state index contributed by atoms with van der Waals surface area (Å²) in [4.78, 5) is 12.3. The molecular formula is C15H18ClN3O. The molecule has 2 aromatic rings. The van der Waals surface area contributed by atoms with E-state index in [1.54, 1.807) is 18.2 Å². The van der Waals surface area contributed by atoms with Crippen LogP contribution in [0.15, 0.2) is 35.1 Å².